The van der Waals surface area contributed by atoms with Gasteiger partial charge in [0.05, 0.1) is 12.0 Å². The molecular formula is C25H28N4O7S. The van der Waals surface area contributed by atoms with Crippen LogP contribution in [0.4, 0.5) is 4.79 Å². The predicted octanol–water partition coefficient (Wildman–Crippen LogP) is 1.20. The van der Waals surface area contributed by atoms with Crippen molar-refractivity contribution in [3.05, 3.63) is 59.7 Å². The van der Waals surface area contributed by atoms with Crippen molar-refractivity contribution < 1.29 is 32.3 Å². The smallest absolute Gasteiger partial charge is 0.325 e. The van der Waals surface area contributed by atoms with Crippen molar-refractivity contribution in [1.82, 2.24) is 19.4 Å². The fourth-order valence-corrected chi connectivity index (χ4v) is 5.87. The third-order valence-corrected chi connectivity index (χ3v) is 8.60. The zero-order valence-electron chi connectivity index (χ0n) is 20.8. The zero-order chi connectivity index (χ0) is 27.0. The Hall–Kier alpha value is -3.77. The van der Waals surface area contributed by atoms with Crippen LogP contribution in [0.15, 0.2) is 53.4 Å². The maximum Gasteiger partial charge on any atom is 0.325 e. The van der Waals surface area contributed by atoms with Gasteiger partial charge in [-0.15, -0.1) is 0 Å². The Balaban J connectivity index is 1.40. The molecule has 2 fully saturated rings. The second-order valence-corrected chi connectivity index (χ2v) is 11.0. The van der Waals surface area contributed by atoms with Crippen molar-refractivity contribution in [2.75, 3.05) is 39.8 Å². The number of carbonyl (C=O) groups is 4. The summed E-state index contributed by atoms with van der Waals surface area (Å²) < 4.78 is 32.5. The molecular weight excluding hydrogens is 500 g/mol. The Morgan fingerprint density at radius 1 is 1.03 bits per heavy atom. The number of sulfonamides is 1. The Kier molecular flexibility index (Phi) is 7.07. The highest BCUT2D eigenvalue weighted by molar-refractivity contribution is 7.89. The third kappa shape index (κ3) is 4.94. The van der Waals surface area contributed by atoms with E-state index in [1.54, 1.807) is 37.3 Å². The molecule has 2 heterocycles. The van der Waals surface area contributed by atoms with Crippen molar-refractivity contribution in [3.63, 3.8) is 0 Å². The molecule has 2 aromatic carbocycles. The number of ether oxygens (including phenoxy) is 1. The average Bonchev–Trinajstić information content (AvgIpc) is 3.12. The molecule has 2 aliphatic rings. The molecule has 0 saturated carbocycles. The number of hydrogen-bond acceptors (Lipinski definition) is 7. The Labute approximate surface area is 215 Å². The minimum Gasteiger partial charge on any atom is -0.497 e. The maximum absolute atomic E-state index is 13.2. The van der Waals surface area contributed by atoms with Crippen LogP contribution in [0.25, 0.3) is 0 Å². The van der Waals surface area contributed by atoms with E-state index in [0.717, 1.165) is 4.90 Å². The number of imide groups is 1. The van der Waals surface area contributed by atoms with E-state index < -0.39 is 40.0 Å². The van der Waals surface area contributed by atoms with E-state index in [0.29, 0.717) is 16.9 Å². The van der Waals surface area contributed by atoms with Gasteiger partial charge in [-0.2, -0.15) is 4.31 Å². The topological polar surface area (TPSA) is 133 Å². The Morgan fingerprint density at radius 2 is 1.68 bits per heavy atom. The van der Waals surface area contributed by atoms with E-state index in [-0.39, 0.29) is 36.9 Å². The molecule has 2 aliphatic heterocycles. The number of rotatable bonds is 7. The fraction of sp³-hybridized carbons (Fsp3) is 0.360. The third-order valence-electron chi connectivity index (χ3n) is 6.71. The van der Waals surface area contributed by atoms with Gasteiger partial charge in [-0.1, -0.05) is 24.3 Å². The minimum atomic E-state index is -3.85. The summed E-state index contributed by atoms with van der Waals surface area (Å²) in [6, 6.07) is 11.9. The number of urea groups is 1. The molecule has 12 heteroatoms. The van der Waals surface area contributed by atoms with Crippen LogP contribution in [0.2, 0.25) is 0 Å². The molecule has 37 heavy (non-hydrogen) atoms. The zero-order valence-corrected chi connectivity index (χ0v) is 21.6. The molecule has 1 unspecified atom stereocenters. The second kappa shape index (κ2) is 9.94. The molecule has 0 aromatic heterocycles. The first kappa shape index (κ1) is 26.3. The first-order valence-electron chi connectivity index (χ1n) is 11.6. The van der Waals surface area contributed by atoms with E-state index in [2.05, 4.69) is 5.32 Å². The molecule has 2 aromatic rings. The van der Waals surface area contributed by atoms with E-state index in [1.807, 2.05) is 0 Å². The van der Waals surface area contributed by atoms with E-state index in [1.165, 1.54) is 41.4 Å². The number of benzene rings is 2. The monoisotopic (exact) mass is 528 g/mol. The largest absolute Gasteiger partial charge is 0.497 e. The number of carbonyl (C=O) groups excluding carboxylic acids is 4. The number of ketones is 1. The first-order chi connectivity index (χ1) is 17.5. The number of nitrogens with zero attached hydrogens (tertiary/aromatic N) is 3. The molecule has 0 radical (unpaired) electrons. The quantitative estimate of drug-likeness (QED) is 0.422. The summed E-state index contributed by atoms with van der Waals surface area (Å²) in [6.07, 6.45) is 0. The molecule has 196 valence electrons. The summed E-state index contributed by atoms with van der Waals surface area (Å²) in [5.41, 5.74) is -0.482. The molecule has 0 bridgehead atoms. The standard InChI is InChI=1S/C25H28N4O7S/c1-17(30)18-5-4-6-21(15-18)37(34,35)28-13-11-27(12-14-28)22(31)16-29-23(32)25(2,26-24(29)33)19-7-9-20(36-3)10-8-19/h4-10,15H,11-14,16H2,1-3H3,(H,26,33). The van der Waals surface area contributed by atoms with Crippen LogP contribution in [0.1, 0.15) is 29.8 Å². The van der Waals surface area contributed by atoms with Crippen molar-refractivity contribution in [1.29, 1.82) is 0 Å². The van der Waals surface area contributed by atoms with Crippen molar-refractivity contribution >= 4 is 33.7 Å². The highest BCUT2D eigenvalue weighted by Crippen LogP contribution is 2.30. The lowest BCUT2D eigenvalue weighted by Gasteiger charge is -2.34. The van der Waals surface area contributed by atoms with Crippen LogP contribution >= 0.6 is 0 Å². The highest BCUT2D eigenvalue weighted by Gasteiger charge is 2.49. The van der Waals surface area contributed by atoms with Gasteiger partial charge in [0.2, 0.25) is 15.9 Å². The van der Waals surface area contributed by atoms with Gasteiger partial charge >= 0.3 is 6.03 Å². The summed E-state index contributed by atoms with van der Waals surface area (Å²) in [5.74, 6) is -0.652. The van der Waals surface area contributed by atoms with Crippen LogP contribution in [0.3, 0.4) is 0 Å². The number of nitrogens with one attached hydrogen (secondary N) is 1. The molecule has 11 nitrogen and oxygen atoms in total. The lowest BCUT2D eigenvalue weighted by Crippen LogP contribution is -2.53. The van der Waals surface area contributed by atoms with Gasteiger partial charge in [0.15, 0.2) is 5.78 Å². The Morgan fingerprint density at radius 3 is 2.27 bits per heavy atom. The maximum atomic E-state index is 13.2. The fourth-order valence-electron chi connectivity index (χ4n) is 4.40. The Bertz CT molecular complexity index is 1350. The second-order valence-electron chi connectivity index (χ2n) is 9.04. The molecule has 2 saturated heterocycles. The lowest BCUT2D eigenvalue weighted by molar-refractivity contribution is -0.139. The van der Waals surface area contributed by atoms with Gasteiger partial charge in [-0.3, -0.25) is 19.3 Å². The number of Topliss-reactive ketones (excluding diaryl/α,β-unsaturated/α-hetero) is 1. The van der Waals surface area contributed by atoms with Gasteiger partial charge in [0.1, 0.15) is 17.8 Å². The normalized spacial score (nSPS) is 20.6. The summed E-state index contributed by atoms with van der Waals surface area (Å²) in [6.45, 7) is 2.77. The van der Waals surface area contributed by atoms with Gasteiger partial charge in [0.25, 0.3) is 5.91 Å². The summed E-state index contributed by atoms with van der Waals surface area (Å²) in [4.78, 5) is 52.7. The number of piperazine rings is 1. The average molecular weight is 529 g/mol. The first-order valence-corrected chi connectivity index (χ1v) is 13.1. The van der Waals surface area contributed by atoms with Gasteiger partial charge in [-0.05, 0) is 43.7 Å². The molecule has 4 amide bonds. The molecule has 1 atom stereocenters. The number of amides is 4. The lowest BCUT2D eigenvalue weighted by atomic mass is 9.92. The predicted molar refractivity (Wildman–Crippen MR) is 132 cm³/mol. The summed E-state index contributed by atoms with van der Waals surface area (Å²) in [5, 5.41) is 2.66. The van der Waals surface area contributed by atoms with Crippen molar-refractivity contribution in [2.24, 2.45) is 0 Å². The summed E-state index contributed by atoms with van der Waals surface area (Å²) >= 11 is 0. The van der Waals surface area contributed by atoms with E-state index >= 15 is 0 Å². The highest BCUT2D eigenvalue weighted by atomic mass is 32.2. The molecule has 1 N–H and O–H groups in total. The van der Waals surface area contributed by atoms with E-state index in [4.69, 9.17) is 4.74 Å². The SMILES string of the molecule is COc1ccc(C2(C)NC(=O)N(CC(=O)N3CCN(S(=O)(=O)c4cccc(C(C)=O)c4)CC3)C2=O)cc1. The number of hydrogen-bond donors (Lipinski definition) is 1. The van der Waals surface area contributed by atoms with Crippen molar-refractivity contribution in [3.8, 4) is 5.75 Å². The molecule has 0 aliphatic carbocycles. The van der Waals surface area contributed by atoms with Gasteiger partial charge < -0.3 is 15.0 Å². The van der Waals surface area contributed by atoms with Crippen LogP contribution < -0.4 is 10.1 Å². The van der Waals surface area contributed by atoms with Gasteiger partial charge in [-0.25, -0.2) is 13.2 Å². The van der Waals surface area contributed by atoms with Crippen LogP contribution in [-0.2, 0) is 25.2 Å². The van der Waals surface area contributed by atoms with Crippen molar-refractivity contribution in [2.45, 2.75) is 24.3 Å². The molecule has 0 spiro atoms. The number of methoxy groups -OCH3 is 1. The van der Waals surface area contributed by atoms with Crippen LogP contribution in [-0.4, -0.2) is 86.0 Å². The van der Waals surface area contributed by atoms with Crippen LogP contribution in [0, 0.1) is 0 Å². The van der Waals surface area contributed by atoms with E-state index in [9.17, 15) is 27.6 Å². The summed E-state index contributed by atoms with van der Waals surface area (Å²) in [7, 11) is -2.33. The van der Waals surface area contributed by atoms with Gasteiger partial charge in [0, 0.05) is 31.7 Å². The van der Waals surface area contributed by atoms with Crippen LogP contribution in [0.5, 0.6) is 5.75 Å². The molecule has 4 rings (SSSR count). The minimum absolute atomic E-state index is 0.0112.